The van der Waals surface area contributed by atoms with E-state index in [4.69, 9.17) is 4.98 Å². The minimum atomic E-state index is -0.258. The van der Waals surface area contributed by atoms with E-state index in [-0.39, 0.29) is 16.7 Å². The van der Waals surface area contributed by atoms with Crippen molar-refractivity contribution in [2.45, 2.75) is 89.7 Å². The van der Waals surface area contributed by atoms with Crippen LogP contribution in [0.4, 0.5) is 0 Å². The monoisotopic (exact) mass is 421 g/mol. The molecule has 5 nitrogen and oxygen atoms in total. The molecule has 2 aromatic heterocycles. The molecular weight excluding hydrogens is 390 g/mol. The number of thiophene rings is 1. The Labute approximate surface area is 175 Å². The minimum absolute atomic E-state index is 0.0103. The number of fused-ring (bicyclic) bond motifs is 1. The van der Waals surface area contributed by atoms with Gasteiger partial charge < -0.3 is 4.90 Å². The lowest BCUT2D eigenvalue weighted by Gasteiger charge is -2.35. The van der Waals surface area contributed by atoms with E-state index in [1.165, 1.54) is 31.0 Å². The van der Waals surface area contributed by atoms with Crippen molar-refractivity contribution < 1.29 is 4.79 Å². The summed E-state index contributed by atoms with van der Waals surface area (Å²) >= 11 is 2.98. The first-order chi connectivity index (χ1) is 13.4. The van der Waals surface area contributed by atoms with Crippen LogP contribution in [0.15, 0.2) is 9.95 Å². The zero-order valence-corrected chi connectivity index (χ0v) is 19.2. The topological polar surface area (TPSA) is 55.2 Å². The number of amides is 1. The van der Waals surface area contributed by atoms with Gasteiger partial charge in [-0.15, -0.1) is 11.3 Å². The largest absolute Gasteiger partial charge is 0.339 e. The quantitative estimate of drug-likeness (QED) is 0.499. The number of hydrogen-bond acceptors (Lipinski definition) is 5. The Morgan fingerprint density at radius 2 is 1.96 bits per heavy atom. The maximum Gasteiger partial charge on any atom is 0.263 e. The van der Waals surface area contributed by atoms with Gasteiger partial charge in [-0.25, -0.2) is 4.98 Å². The third-order valence-corrected chi connectivity index (χ3v) is 8.02. The second kappa shape index (κ2) is 8.99. The van der Waals surface area contributed by atoms with Gasteiger partial charge in [-0.3, -0.25) is 14.2 Å². The Morgan fingerprint density at radius 1 is 1.29 bits per heavy atom. The minimum Gasteiger partial charge on any atom is -0.339 e. The molecule has 28 heavy (non-hydrogen) atoms. The van der Waals surface area contributed by atoms with Gasteiger partial charge in [-0.05, 0) is 53.0 Å². The molecule has 1 atom stereocenters. The molecule has 1 aliphatic rings. The van der Waals surface area contributed by atoms with E-state index in [0.29, 0.717) is 17.7 Å². The lowest BCUT2D eigenvalue weighted by molar-refractivity contribution is -0.133. The molecule has 0 aromatic carbocycles. The van der Waals surface area contributed by atoms with Gasteiger partial charge >= 0.3 is 0 Å². The Morgan fingerprint density at radius 3 is 2.57 bits per heavy atom. The van der Waals surface area contributed by atoms with E-state index in [1.807, 2.05) is 32.6 Å². The number of rotatable bonds is 6. The number of carbonyl (C=O) groups is 1. The summed E-state index contributed by atoms with van der Waals surface area (Å²) in [6, 6.07) is 0.362. The second-order valence-corrected chi connectivity index (χ2v) is 10.1. The molecule has 0 aliphatic heterocycles. The first-order valence-corrected chi connectivity index (χ1v) is 12.1. The van der Waals surface area contributed by atoms with Crippen LogP contribution in [0.3, 0.4) is 0 Å². The number of aromatic nitrogens is 2. The van der Waals surface area contributed by atoms with Crippen LogP contribution in [0.5, 0.6) is 0 Å². The van der Waals surface area contributed by atoms with Crippen molar-refractivity contribution in [3.05, 3.63) is 20.8 Å². The van der Waals surface area contributed by atoms with Gasteiger partial charge in [0.2, 0.25) is 5.91 Å². The maximum atomic E-state index is 13.2. The van der Waals surface area contributed by atoms with Crippen molar-refractivity contribution in [3.8, 4) is 0 Å². The van der Waals surface area contributed by atoms with Crippen LogP contribution in [0, 0.1) is 13.8 Å². The summed E-state index contributed by atoms with van der Waals surface area (Å²) in [5.74, 6) is 0.162. The van der Waals surface area contributed by atoms with Gasteiger partial charge in [0, 0.05) is 24.0 Å². The highest BCUT2D eigenvalue weighted by molar-refractivity contribution is 8.00. The molecule has 0 N–H and O–H groups in total. The van der Waals surface area contributed by atoms with Crippen molar-refractivity contribution in [2.24, 2.45) is 0 Å². The summed E-state index contributed by atoms with van der Waals surface area (Å²) in [5.41, 5.74) is 1.03. The van der Waals surface area contributed by atoms with Gasteiger partial charge in [-0.2, -0.15) is 0 Å². The van der Waals surface area contributed by atoms with Crippen molar-refractivity contribution in [3.63, 3.8) is 0 Å². The lowest BCUT2D eigenvalue weighted by atomic mass is 9.94. The van der Waals surface area contributed by atoms with Crippen LogP contribution in [0.25, 0.3) is 10.2 Å². The fraction of sp³-hybridized carbons (Fsp3) is 0.667. The van der Waals surface area contributed by atoms with E-state index >= 15 is 0 Å². The molecule has 154 valence electrons. The van der Waals surface area contributed by atoms with Crippen molar-refractivity contribution in [2.75, 3.05) is 6.54 Å². The summed E-state index contributed by atoms with van der Waals surface area (Å²) in [7, 11) is 0. The molecule has 0 bridgehead atoms. The highest BCUT2D eigenvalue weighted by atomic mass is 32.2. The highest BCUT2D eigenvalue weighted by Gasteiger charge is 2.29. The first kappa shape index (κ1) is 21.4. The predicted octanol–water partition coefficient (Wildman–Crippen LogP) is 4.76. The average Bonchev–Trinajstić information content (AvgIpc) is 2.97. The zero-order valence-electron chi connectivity index (χ0n) is 17.6. The van der Waals surface area contributed by atoms with Crippen LogP contribution in [-0.4, -0.2) is 38.2 Å². The fourth-order valence-electron chi connectivity index (χ4n) is 4.11. The Balaban J connectivity index is 1.88. The fourth-order valence-corrected chi connectivity index (χ4v) is 6.22. The molecule has 1 saturated carbocycles. The number of aryl methyl sites for hydroxylation is 2. The average molecular weight is 422 g/mol. The van der Waals surface area contributed by atoms with Gasteiger partial charge in [0.1, 0.15) is 4.83 Å². The van der Waals surface area contributed by atoms with Crippen molar-refractivity contribution in [1.82, 2.24) is 14.5 Å². The van der Waals surface area contributed by atoms with Crippen LogP contribution in [0.1, 0.15) is 63.3 Å². The van der Waals surface area contributed by atoms with Crippen LogP contribution >= 0.6 is 23.1 Å². The SMILES string of the molecule is CCN(C(=O)C(C)Sc1nc2sc(C)c(C)c2c(=O)n1CC)C1CCCCC1. The second-order valence-electron chi connectivity index (χ2n) is 7.58. The number of hydrogen-bond donors (Lipinski definition) is 0. The summed E-state index contributed by atoms with van der Waals surface area (Å²) in [4.78, 5) is 34.9. The van der Waals surface area contributed by atoms with Crippen LogP contribution in [0.2, 0.25) is 0 Å². The van der Waals surface area contributed by atoms with Gasteiger partial charge in [0.15, 0.2) is 5.16 Å². The summed E-state index contributed by atoms with van der Waals surface area (Å²) in [5, 5.41) is 1.12. The molecule has 0 saturated heterocycles. The predicted molar refractivity (Wildman–Crippen MR) is 119 cm³/mol. The Kier molecular flexibility index (Phi) is 6.86. The van der Waals surface area contributed by atoms with Gasteiger partial charge in [0.05, 0.1) is 10.6 Å². The van der Waals surface area contributed by atoms with Crippen molar-refractivity contribution >= 4 is 39.2 Å². The van der Waals surface area contributed by atoms with E-state index in [1.54, 1.807) is 15.9 Å². The summed E-state index contributed by atoms with van der Waals surface area (Å²) in [6.07, 6.45) is 5.91. The summed E-state index contributed by atoms with van der Waals surface area (Å²) < 4.78 is 1.72. The standard InChI is InChI=1S/C21H31N3O2S2/c1-6-23(16-11-9-8-10-12-16)19(25)15(5)28-21-22-18-17(13(3)14(4)27-18)20(26)24(21)7-2/h15-16H,6-12H2,1-5H3. The normalized spacial score (nSPS) is 16.5. The molecule has 1 aliphatic carbocycles. The van der Waals surface area contributed by atoms with Gasteiger partial charge in [-0.1, -0.05) is 31.0 Å². The molecular formula is C21H31N3O2S2. The lowest BCUT2D eigenvalue weighted by Crippen LogP contribution is -2.44. The first-order valence-electron chi connectivity index (χ1n) is 10.4. The molecule has 2 aromatic rings. The molecule has 1 unspecified atom stereocenters. The third kappa shape index (κ3) is 4.01. The Hall–Kier alpha value is -1.34. The van der Waals surface area contributed by atoms with Crippen molar-refractivity contribution in [1.29, 1.82) is 0 Å². The van der Waals surface area contributed by atoms with E-state index < -0.39 is 0 Å². The van der Waals surface area contributed by atoms with E-state index in [9.17, 15) is 9.59 Å². The van der Waals surface area contributed by atoms with Crippen LogP contribution in [-0.2, 0) is 11.3 Å². The molecule has 0 radical (unpaired) electrons. The maximum absolute atomic E-state index is 13.2. The van der Waals surface area contributed by atoms with Gasteiger partial charge in [0.25, 0.3) is 5.56 Å². The molecule has 2 heterocycles. The molecule has 1 amide bonds. The van der Waals surface area contributed by atoms with E-state index in [0.717, 1.165) is 40.0 Å². The van der Waals surface area contributed by atoms with E-state index in [2.05, 4.69) is 6.92 Å². The molecule has 7 heteroatoms. The molecule has 3 rings (SSSR count). The molecule has 1 fully saturated rings. The summed E-state index contributed by atoms with van der Waals surface area (Å²) in [6.45, 7) is 11.3. The highest BCUT2D eigenvalue weighted by Crippen LogP contribution is 2.31. The number of thioether (sulfide) groups is 1. The van der Waals surface area contributed by atoms with Crippen LogP contribution < -0.4 is 5.56 Å². The third-order valence-electron chi connectivity index (χ3n) is 5.84. The molecule has 0 spiro atoms. The zero-order chi connectivity index (χ0) is 20.4. The number of carbonyl (C=O) groups excluding carboxylic acids is 1. The smallest absolute Gasteiger partial charge is 0.263 e. The number of nitrogens with zero attached hydrogens (tertiary/aromatic N) is 3. The Bertz CT molecular complexity index is 912.